The molecule has 0 saturated carbocycles. The molecule has 5 nitrogen and oxygen atoms in total. The van der Waals surface area contributed by atoms with Gasteiger partial charge in [-0.05, 0) is 35.9 Å². The third kappa shape index (κ3) is 4.01. The number of nitrogens with one attached hydrogen (secondary N) is 1. The van der Waals surface area contributed by atoms with Gasteiger partial charge < -0.3 is 10.2 Å². The predicted octanol–water partition coefficient (Wildman–Crippen LogP) is 2.77. The van der Waals surface area contributed by atoms with Crippen molar-refractivity contribution in [2.24, 2.45) is 5.92 Å². The summed E-state index contributed by atoms with van der Waals surface area (Å²) in [6.45, 7) is 0.445. The first-order valence-electron chi connectivity index (χ1n) is 7.99. The Balaban J connectivity index is 1.62. The van der Waals surface area contributed by atoms with Crippen molar-refractivity contribution in [3.05, 3.63) is 59.9 Å². The van der Waals surface area contributed by atoms with Gasteiger partial charge in [0.05, 0.1) is 11.5 Å². The van der Waals surface area contributed by atoms with Crippen LogP contribution in [0.1, 0.15) is 17.5 Å². The number of carbonyl (C=O) groups is 2. The van der Waals surface area contributed by atoms with Crippen LogP contribution in [0.15, 0.2) is 48.8 Å². The molecular formula is C18H16F3N3O2. The molecule has 26 heavy (non-hydrogen) atoms. The fraction of sp³-hybridized carbons (Fsp3) is 0.278. The maximum absolute atomic E-state index is 12.6. The Bertz CT molecular complexity index is 792. The van der Waals surface area contributed by atoms with E-state index in [1.165, 1.54) is 17.0 Å². The summed E-state index contributed by atoms with van der Waals surface area (Å²) in [6.07, 6.45) is -1.14. The smallest absolute Gasteiger partial charge is 0.352 e. The first-order valence-corrected chi connectivity index (χ1v) is 7.99. The Morgan fingerprint density at radius 1 is 1.23 bits per heavy atom. The lowest BCUT2D eigenvalue weighted by Crippen LogP contribution is -2.32. The van der Waals surface area contributed by atoms with Gasteiger partial charge in [0.15, 0.2) is 0 Å². The van der Waals surface area contributed by atoms with Crippen LogP contribution in [0.25, 0.3) is 0 Å². The van der Waals surface area contributed by atoms with Crippen molar-refractivity contribution in [2.75, 3.05) is 11.4 Å². The lowest BCUT2D eigenvalue weighted by Gasteiger charge is -2.17. The monoisotopic (exact) mass is 363 g/mol. The summed E-state index contributed by atoms with van der Waals surface area (Å²) in [5.41, 5.74) is 0.411. The molecule has 1 saturated heterocycles. The van der Waals surface area contributed by atoms with Crippen LogP contribution in [0.2, 0.25) is 0 Å². The van der Waals surface area contributed by atoms with Crippen LogP contribution in [0, 0.1) is 5.92 Å². The van der Waals surface area contributed by atoms with E-state index in [1.54, 1.807) is 18.5 Å². The van der Waals surface area contributed by atoms with Crippen LogP contribution in [0.4, 0.5) is 18.9 Å². The maximum Gasteiger partial charge on any atom is 0.416 e. The largest absolute Gasteiger partial charge is 0.416 e. The number of nitrogens with zero attached hydrogens (tertiary/aromatic N) is 2. The molecular weight excluding hydrogens is 347 g/mol. The average Bonchev–Trinajstić information content (AvgIpc) is 3.02. The molecule has 136 valence electrons. The zero-order valence-electron chi connectivity index (χ0n) is 13.7. The van der Waals surface area contributed by atoms with E-state index in [9.17, 15) is 22.8 Å². The fourth-order valence-electron chi connectivity index (χ4n) is 2.80. The summed E-state index contributed by atoms with van der Waals surface area (Å²) in [7, 11) is 0. The molecule has 0 aliphatic carbocycles. The Morgan fingerprint density at radius 3 is 2.58 bits per heavy atom. The molecule has 0 bridgehead atoms. The van der Waals surface area contributed by atoms with Crippen molar-refractivity contribution in [3.8, 4) is 0 Å². The lowest BCUT2D eigenvalue weighted by molar-refractivity contribution is -0.137. The molecule has 2 amide bonds. The summed E-state index contributed by atoms with van der Waals surface area (Å²) in [4.78, 5) is 29.7. The third-order valence-corrected chi connectivity index (χ3v) is 4.19. The van der Waals surface area contributed by atoms with E-state index in [0.717, 1.165) is 17.7 Å². The highest BCUT2D eigenvalue weighted by Gasteiger charge is 2.36. The number of hydrogen-bond acceptors (Lipinski definition) is 3. The van der Waals surface area contributed by atoms with E-state index in [-0.39, 0.29) is 24.8 Å². The van der Waals surface area contributed by atoms with Gasteiger partial charge in [-0.1, -0.05) is 6.07 Å². The van der Waals surface area contributed by atoms with Gasteiger partial charge in [-0.3, -0.25) is 14.6 Å². The second-order valence-electron chi connectivity index (χ2n) is 6.03. The van der Waals surface area contributed by atoms with Crippen LogP contribution < -0.4 is 10.2 Å². The van der Waals surface area contributed by atoms with E-state index in [2.05, 4.69) is 10.3 Å². The minimum absolute atomic E-state index is 0.0277. The SMILES string of the molecule is O=C(NCc1cccnc1)C1CC(=O)N(c2ccc(C(F)(F)F)cc2)C1. The maximum atomic E-state index is 12.6. The highest BCUT2D eigenvalue weighted by Crippen LogP contribution is 2.32. The van der Waals surface area contributed by atoms with E-state index in [4.69, 9.17) is 0 Å². The van der Waals surface area contributed by atoms with Crippen molar-refractivity contribution >= 4 is 17.5 Å². The van der Waals surface area contributed by atoms with E-state index >= 15 is 0 Å². The summed E-state index contributed by atoms with van der Waals surface area (Å²) < 4.78 is 37.9. The summed E-state index contributed by atoms with van der Waals surface area (Å²) in [5, 5.41) is 2.76. The molecule has 1 aliphatic heterocycles. The molecule has 0 radical (unpaired) electrons. The zero-order valence-corrected chi connectivity index (χ0v) is 13.7. The number of aromatic nitrogens is 1. The summed E-state index contributed by atoms with van der Waals surface area (Å²) >= 11 is 0. The number of rotatable bonds is 4. The molecule has 2 heterocycles. The van der Waals surface area contributed by atoms with Gasteiger partial charge in [-0.25, -0.2) is 0 Å². The summed E-state index contributed by atoms with van der Waals surface area (Å²) in [5.74, 6) is -1.09. The lowest BCUT2D eigenvalue weighted by atomic mass is 10.1. The minimum atomic E-state index is -4.43. The van der Waals surface area contributed by atoms with Crippen molar-refractivity contribution in [1.82, 2.24) is 10.3 Å². The van der Waals surface area contributed by atoms with Crippen LogP contribution in [0.3, 0.4) is 0 Å². The second-order valence-corrected chi connectivity index (χ2v) is 6.03. The summed E-state index contributed by atoms with van der Waals surface area (Å²) in [6, 6.07) is 7.93. The van der Waals surface area contributed by atoms with E-state index < -0.39 is 17.7 Å². The Labute approximate surface area is 147 Å². The van der Waals surface area contributed by atoms with Crippen LogP contribution in [0.5, 0.6) is 0 Å². The fourth-order valence-corrected chi connectivity index (χ4v) is 2.80. The molecule has 1 aromatic carbocycles. The highest BCUT2D eigenvalue weighted by molar-refractivity contribution is 6.00. The predicted molar refractivity (Wildman–Crippen MR) is 88.0 cm³/mol. The number of benzene rings is 1. The number of carbonyl (C=O) groups excluding carboxylic acids is 2. The molecule has 8 heteroatoms. The topological polar surface area (TPSA) is 62.3 Å². The Kier molecular flexibility index (Phi) is 4.92. The van der Waals surface area contributed by atoms with Gasteiger partial charge in [-0.15, -0.1) is 0 Å². The molecule has 1 atom stereocenters. The number of anilines is 1. The molecule has 2 aromatic rings. The Morgan fingerprint density at radius 2 is 1.96 bits per heavy atom. The quantitative estimate of drug-likeness (QED) is 0.909. The molecule has 1 fully saturated rings. The molecule has 1 unspecified atom stereocenters. The second kappa shape index (κ2) is 7.15. The van der Waals surface area contributed by atoms with Gasteiger partial charge in [0.1, 0.15) is 0 Å². The van der Waals surface area contributed by atoms with E-state index in [1.807, 2.05) is 6.07 Å². The first-order chi connectivity index (χ1) is 12.3. The van der Waals surface area contributed by atoms with Gasteiger partial charge in [0.25, 0.3) is 0 Å². The van der Waals surface area contributed by atoms with Gasteiger partial charge >= 0.3 is 6.18 Å². The normalized spacial score (nSPS) is 17.4. The van der Waals surface area contributed by atoms with Gasteiger partial charge in [-0.2, -0.15) is 13.2 Å². The van der Waals surface area contributed by atoms with Crippen molar-refractivity contribution in [3.63, 3.8) is 0 Å². The third-order valence-electron chi connectivity index (χ3n) is 4.19. The number of hydrogen-bond donors (Lipinski definition) is 1. The number of pyridine rings is 1. The number of amides is 2. The molecule has 3 rings (SSSR count). The average molecular weight is 363 g/mol. The minimum Gasteiger partial charge on any atom is -0.352 e. The van der Waals surface area contributed by atoms with Crippen LogP contribution in [-0.4, -0.2) is 23.3 Å². The Hall–Kier alpha value is -2.90. The van der Waals surface area contributed by atoms with Gasteiger partial charge in [0, 0.05) is 37.6 Å². The van der Waals surface area contributed by atoms with Gasteiger partial charge in [0.2, 0.25) is 11.8 Å². The standard InChI is InChI=1S/C18H16F3N3O2/c19-18(20,21)14-3-5-15(6-4-14)24-11-13(8-16(24)25)17(26)23-10-12-2-1-7-22-9-12/h1-7,9,13H,8,10-11H2,(H,23,26). The van der Waals surface area contributed by atoms with Crippen molar-refractivity contribution < 1.29 is 22.8 Å². The van der Waals surface area contributed by atoms with Crippen LogP contribution >= 0.6 is 0 Å². The van der Waals surface area contributed by atoms with Crippen LogP contribution in [-0.2, 0) is 22.3 Å². The molecule has 1 N–H and O–H groups in total. The highest BCUT2D eigenvalue weighted by atomic mass is 19.4. The number of halogens is 3. The van der Waals surface area contributed by atoms with Crippen molar-refractivity contribution in [2.45, 2.75) is 19.1 Å². The van der Waals surface area contributed by atoms with E-state index in [0.29, 0.717) is 12.2 Å². The first kappa shape index (κ1) is 17.9. The number of alkyl halides is 3. The molecule has 1 aliphatic rings. The zero-order chi connectivity index (χ0) is 18.7. The molecule has 0 spiro atoms. The van der Waals surface area contributed by atoms with Crippen molar-refractivity contribution in [1.29, 1.82) is 0 Å². The molecule has 1 aromatic heterocycles.